The molecule has 9 heteroatoms. The molecule has 2 rings (SSSR count). The number of pyridine rings is 1. The van der Waals surface area contributed by atoms with E-state index in [1.54, 1.807) is 37.6 Å². The van der Waals surface area contributed by atoms with Crippen molar-refractivity contribution >= 4 is 21.6 Å². The van der Waals surface area contributed by atoms with Crippen LogP contribution in [0.4, 0.5) is 5.69 Å². The van der Waals surface area contributed by atoms with E-state index >= 15 is 0 Å². The SMILES string of the molecule is COCCCNC(=O)c1ccc(NCCc2ccc(S(N)(=O)=O)cc2)cn1. The minimum absolute atomic E-state index is 0.0968. The molecule has 1 amide bonds. The first-order valence-corrected chi connectivity index (χ1v) is 10.0. The lowest BCUT2D eigenvalue weighted by atomic mass is 10.1. The zero-order chi connectivity index (χ0) is 19.7. The molecule has 0 saturated heterocycles. The van der Waals surface area contributed by atoms with Crippen LogP contribution in [0.5, 0.6) is 0 Å². The van der Waals surface area contributed by atoms with Crippen molar-refractivity contribution in [3.05, 3.63) is 53.9 Å². The van der Waals surface area contributed by atoms with Crippen LogP contribution >= 0.6 is 0 Å². The Labute approximate surface area is 159 Å². The van der Waals surface area contributed by atoms with Crippen molar-refractivity contribution < 1.29 is 17.9 Å². The summed E-state index contributed by atoms with van der Waals surface area (Å²) in [7, 11) is -2.05. The second-order valence-corrected chi connectivity index (χ2v) is 7.46. The first-order valence-electron chi connectivity index (χ1n) is 8.49. The van der Waals surface area contributed by atoms with Gasteiger partial charge in [-0.1, -0.05) is 12.1 Å². The number of nitrogens with two attached hydrogens (primary N) is 1. The van der Waals surface area contributed by atoms with Gasteiger partial charge < -0.3 is 15.4 Å². The summed E-state index contributed by atoms with van der Waals surface area (Å²) < 4.78 is 27.4. The van der Waals surface area contributed by atoms with Gasteiger partial charge in [0.1, 0.15) is 5.69 Å². The maximum Gasteiger partial charge on any atom is 0.269 e. The topological polar surface area (TPSA) is 123 Å². The molecule has 146 valence electrons. The standard InChI is InChI=1S/C18H24N4O4S/c1-26-12-2-10-21-18(23)17-8-5-15(13-22-17)20-11-9-14-3-6-16(7-4-14)27(19,24)25/h3-8,13,20H,2,9-12H2,1H3,(H,21,23)(H2,19,24,25). The molecule has 8 nitrogen and oxygen atoms in total. The lowest BCUT2D eigenvalue weighted by molar-refractivity contribution is 0.0943. The van der Waals surface area contributed by atoms with Gasteiger partial charge in [-0.25, -0.2) is 18.5 Å². The predicted molar refractivity (Wildman–Crippen MR) is 103 cm³/mol. The molecule has 0 fully saturated rings. The average Bonchev–Trinajstić information content (AvgIpc) is 2.65. The van der Waals surface area contributed by atoms with Crippen LogP contribution in [0.15, 0.2) is 47.5 Å². The Bertz CT molecular complexity index is 837. The summed E-state index contributed by atoms with van der Waals surface area (Å²) in [5, 5.41) is 11.1. The van der Waals surface area contributed by atoms with Crippen LogP contribution < -0.4 is 15.8 Å². The number of methoxy groups -OCH3 is 1. The Hall–Kier alpha value is -2.49. The molecule has 2 aromatic rings. The molecule has 0 unspecified atom stereocenters. The first-order chi connectivity index (χ1) is 12.9. The van der Waals surface area contributed by atoms with Crippen LogP contribution in [0.25, 0.3) is 0 Å². The highest BCUT2D eigenvalue weighted by Crippen LogP contribution is 2.10. The molecule has 0 spiro atoms. The number of primary sulfonamides is 1. The molecular weight excluding hydrogens is 368 g/mol. The van der Waals surface area contributed by atoms with Gasteiger partial charge in [-0.05, 0) is 42.7 Å². The quantitative estimate of drug-likeness (QED) is 0.521. The van der Waals surface area contributed by atoms with Gasteiger partial charge in [0.05, 0.1) is 16.8 Å². The monoisotopic (exact) mass is 392 g/mol. The van der Waals surface area contributed by atoms with Crippen LogP contribution in [-0.2, 0) is 21.2 Å². The highest BCUT2D eigenvalue weighted by molar-refractivity contribution is 7.89. The molecule has 1 aromatic carbocycles. The Morgan fingerprint density at radius 1 is 1.15 bits per heavy atom. The highest BCUT2D eigenvalue weighted by atomic mass is 32.2. The summed E-state index contributed by atoms with van der Waals surface area (Å²) in [6, 6.07) is 9.90. The molecule has 27 heavy (non-hydrogen) atoms. The van der Waals surface area contributed by atoms with Crippen molar-refractivity contribution in [1.29, 1.82) is 0 Å². The summed E-state index contributed by atoms with van der Waals surface area (Å²) in [5.41, 5.74) is 2.14. The molecule has 0 bridgehead atoms. The van der Waals surface area contributed by atoms with Gasteiger partial charge in [0.15, 0.2) is 0 Å². The third-order valence-corrected chi connectivity index (χ3v) is 4.73. The zero-order valence-corrected chi connectivity index (χ0v) is 16.0. The molecule has 0 saturated carbocycles. The second kappa shape index (κ2) is 10.0. The largest absolute Gasteiger partial charge is 0.385 e. The Balaban J connectivity index is 1.79. The van der Waals surface area contributed by atoms with E-state index in [0.29, 0.717) is 31.8 Å². The van der Waals surface area contributed by atoms with Gasteiger partial charge >= 0.3 is 0 Å². The van der Waals surface area contributed by atoms with Crippen molar-refractivity contribution in [2.24, 2.45) is 5.14 Å². The summed E-state index contributed by atoms with van der Waals surface area (Å²) in [6.45, 7) is 1.78. The average molecular weight is 392 g/mol. The van der Waals surface area contributed by atoms with Crippen LogP contribution in [0.2, 0.25) is 0 Å². The van der Waals surface area contributed by atoms with Gasteiger partial charge in [-0.2, -0.15) is 0 Å². The molecular formula is C18H24N4O4S. The van der Waals surface area contributed by atoms with E-state index in [9.17, 15) is 13.2 Å². The fourth-order valence-corrected chi connectivity index (χ4v) is 2.85. The highest BCUT2D eigenvalue weighted by Gasteiger charge is 2.07. The summed E-state index contributed by atoms with van der Waals surface area (Å²) in [5.74, 6) is -0.215. The molecule has 0 aliphatic rings. The molecule has 0 aliphatic carbocycles. The van der Waals surface area contributed by atoms with E-state index < -0.39 is 10.0 Å². The predicted octanol–water partition coefficient (Wildman–Crippen LogP) is 1.15. The molecule has 1 aromatic heterocycles. The molecule has 0 aliphatic heterocycles. The lowest BCUT2D eigenvalue weighted by Gasteiger charge is -2.08. The number of nitrogens with zero attached hydrogens (tertiary/aromatic N) is 1. The number of hydrogen-bond donors (Lipinski definition) is 3. The van der Waals surface area contributed by atoms with Gasteiger partial charge in [-0.15, -0.1) is 0 Å². The second-order valence-electron chi connectivity index (χ2n) is 5.90. The number of rotatable bonds is 10. The van der Waals surface area contributed by atoms with E-state index in [1.807, 2.05) is 0 Å². The number of hydrogen-bond acceptors (Lipinski definition) is 6. The fourth-order valence-electron chi connectivity index (χ4n) is 2.34. The van der Waals surface area contributed by atoms with Crippen LogP contribution in [0.1, 0.15) is 22.5 Å². The van der Waals surface area contributed by atoms with E-state index in [-0.39, 0.29) is 10.8 Å². The van der Waals surface area contributed by atoms with Crippen molar-refractivity contribution in [2.45, 2.75) is 17.7 Å². The Morgan fingerprint density at radius 2 is 1.89 bits per heavy atom. The van der Waals surface area contributed by atoms with Gasteiger partial charge in [0.2, 0.25) is 10.0 Å². The molecule has 0 atom stereocenters. The summed E-state index contributed by atoms with van der Waals surface area (Å²) in [6.07, 6.45) is 3.06. The Kier molecular flexibility index (Phi) is 7.71. The van der Waals surface area contributed by atoms with Gasteiger partial charge in [0.25, 0.3) is 5.91 Å². The molecule has 4 N–H and O–H groups in total. The zero-order valence-electron chi connectivity index (χ0n) is 15.1. The normalized spacial score (nSPS) is 11.2. The number of carbonyl (C=O) groups is 1. The van der Waals surface area contributed by atoms with Crippen molar-refractivity contribution in [2.75, 3.05) is 32.1 Å². The van der Waals surface area contributed by atoms with Crippen LogP contribution in [0, 0.1) is 0 Å². The number of sulfonamides is 1. The van der Waals surface area contributed by atoms with Crippen LogP contribution in [0.3, 0.4) is 0 Å². The van der Waals surface area contributed by atoms with Crippen molar-refractivity contribution in [3.63, 3.8) is 0 Å². The van der Waals surface area contributed by atoms with Gasteiger partial charge in [0, 0.05) is 26.8 Å². The van der Waals surface area contributed by atoms with Gasteiger partial charge in [-0.3, -0.25) is 4.79 Å². The maximum absolute atomic E-state index is 11.9. The number of ether oxygens (including phenoxy) is 1. The minimum atomic E-state index is -3.67. The lowest BCUT2D eigenvalue weighted by Crippen LogP contribution is -2.26. The third kappa shape index (κ3) is 6.97. The van der Waals surface area contributed by atoms with E-state index in [4.69, 9.17) is 9.88 Å². The number of amides is 1. The van der Waals surface area contributed by atoms with E-state index in [0.717, 1.165) is 17.7 Å². The smallest absolute Gasteiger partial charge is 0.269 e. The maximum atomic E-state index is 11.9. The number of carbonyl (C=O) groups excluding carboxylic acids is 1. The first kappa shape index (κ1) is 20.8. The number of benzene rings is 1. The van der Waals surface area contributed by atoms with Crippen molar-refractivity contribution in [1.82, 2.24) is 10.3 Å². The molecule has 1 heterocycles. The fraction of sp³-hybridized carbons (Fsp3) is 0.333. The third-order valence-electron chi connectivity index (χ3n) is 3.80. The van der Waals surface area contributed by atoms with E-state index in [1.165, 1.54) is 12.1 Å². The number of nitrogens with one attached hydrogen (secondary N) is 2. The van der Waals surface area contributed by atoms with Crippen molar-refractivity contribution in [3.8, 4) is 0 Å². The summed E-state index contributed by atoms with van der Waals surface area (Å²) in [4.78, 5) is 16.2. The molecule has 0 radical (unpaired) electrons. The minimum Gasteiger partial charge on any atom is -0.385 e. The number of aromatic nitrogens is 1. The summed E-state index contributed by atoms with van der Waals surface area (Å²) >= 11 is 0. The van der Waals surface area contributed by atoms with E-state index in [2.05, 4.69) is 15.6 Å². The van der Waals surface area contributed by atoms with Crippen LogP contribution in [-0.4, -0.2) is 46.1 Å². The Morgan fingerprint density at radius 3 is 2.48 bits per heavy atom. The number of anilines is 1.